The molecule has 0 bridgehead atoms. The molecule has 0 aliphatic carbocycles. The number of para-hydroxylation sites is 2. The van der Waals surface area contributed by atoms with Crippen LogP contribution >= 0.6 is 39.7 Å². The van der Waals surface area contributed by atoms with Gasteiger partial charge in [-0.1, -0.05) is 23.7 Å². The van der Waals surface area contributed by atoms with Crippen molar-refractivity contribution < 1.29 is 14.3 Å². The van der Waals surface area contributed by atoms with Crippen molar-refractivity contribution in [1.29, 1.82) is 0 Å². The van der Waals surface area contributed by atoms with Crippen LogP contribution in [-0.4, -0.2) is 24.7 Å². The lowest BCUT2D eigenvalue weighted by molar-refractivity contribution is -0.121. The van der Waals surface area contributed by atoms with Crippen molar-refractivity contribution in [2.24, 2.45) is 0 Å². The van der Waals surface area contributed by atoms with Gasteiger partial charge in [-0.25, -0.2) is 0 Å². The van der Waals surface area contributed by atoms with E-state index in [4.69, 9.17) is 33.3 Å². The summed E-state index contributed by atoms with van der Waals surface area (Å²) < 4.78 is 11.3. The van der Waals surface area contributed by atoms with Crippen LogP contribution in [0, 0.1) is 0 Å². The van der Waals surface area contributed by atoms with Gasteiger partial charge in [0, 0.05) is 10.2 Å². The third-order valence-corrected chi connectivity index (χ3v) is 4.29. The quantitative estimate of drug-likeness (QED) is 0.704. The van der Waals surface area contributed by atoms with Gasteiger partial charge in [-0.05, 0) is 58.5 Å². The van der Waals surface area contributed by atoms with Gasteiger partial charge in [-0.3, -0.25) is 10.1 Å². The van der Waals surface area contributed by atoms with Crippen LogP contribution in [0.25, 0.3) is 0 Å². The standard InChI is InChI=1S/C16H14BrClN2O3S/c1-22-13-4-2-3-5-14(13)23-9-15(21)20-16(24)19-10-6-7-11(17)12(18)8-10/h2-8H,9H2,1H3,(H2,19,20,21,24). The lowest BCUT2D eigenvalue weighted by Crippen LogP contribution is -2.37. The maximum Gasteiger partial charge on any atom is 0.264 e. The molecule has 2 rings (SSSR count). The normalized spacial score (nSPS) is 9.96. The maximum absolute atomic E-state index is 11.9. The van der Waals surface area contributed by atoms with E-state index in [-0.39, 0.29) is 17.6 Å². The van der Waals surface area contributed by atoms with E-state index in [1.807, 2.05) is 6.07 Å². The van der Waals surface area contributed by atoms with Gasteiger partial charge in [-0.2, -0.15) is 0 Å². The molecule has 5 nitrogen and oxygen atoms in total. The third kappa shape index (κ3) is 5.36. The summed E-state index contributed by atoms with van der Waals surface area (Å²) in [6.45, 7) is -0.191. The zero-order valence-electron chi connectivity index (χ0n) is 12.6. The molecule has 0 atom stereocenters. The number of amides is 1. The predicted octanol–water partition coefficient (Wildman–Crippen LogP) is 4.00. The van der Waals surface area contributed by atoms with Crippen LogP contribution in [-0.2, 0) is 4.79 Å². The summed E-state index contributed by atoms with van der Waals surface area (Å²) in [5, 5.41) is 6.10. The van der Waals surface area contributed by atoms with Gasteiger partial charge in [0.1, 0.15) is 0 Å². The van der Waals surface area contributed by atoms with E-state index < -0.39 is 0 Å². The Bertz CT molecular complexity index is 758. The summed E-state index contributed by atoms with van der Waals surface area (Å²) in [5.74, 6) is 0.644. The Balaban J connectivity index is 1.85. The van der Waals surface area contributed by atoms with Crippen molar-refractivity contribution in [3.8, 4) is 11.5 Å². The molecule has 0 spiro atoms. The van der Waals surface area contributed by atoms with Crippen molar-refractivity contribution in [2.45, 2.75) is 0 Å². The number of thiocarbonyl (C=S) groups is 1. The molecule has 0 saturated carbocycles. The number of hydrogen-bond donors (Lipinski definition) is 2. The molecule has 126 valence electrons. The van der Waals surface area contributed by atoms with Crippen LogP contribution in [0.3, 0.4) is 0 Å². The smallest absolute Gasteiger partial charge is 0.264 e. The van der Waals surface area contributed by atoms with E-state index in [1.165, 1.54) is 7.11 Å². The fourth-order valence-electron chi connectivity index (χ4n) is 1.78. The average molecular weight is 430 g/mol. The molecule has 0 aliphatic heterocycles. The van der Waals surface area contributed by atoms with Gasteiger partial charge in [0.05, 0.1) is 12.1 Å². The first-order chi connectivity index (χ1) is 11.5. The first kappa shape index (κ1) is 18.5. The highest BCUT2D eigenvalue weighted by Gasteiger charge is 2.09. The number of ether oxygens (including phenoxy) is 2. The van der Waals surface area contributed by atoms with Crippen LogP contribution in [0.1, 0.15) is 0 Å². The molecule has 0 saturated heterocycles. The molecule has 8 heteroatoms. The summed E-state index contributed by atoms with van der Waals surface area (Å²) in [7, 11) is 1.53. The fraction of sp³-hybridized carbons (Fsp3) is 0.125. The highest BCUT2D eigenvalue weighted by Crippen LogP contribution is 2.26. The summed E-state index contributed by atoms with van der Waals surface area (Å²) in [6, 6.07) is 12.3. The van der Waals surface area contributed by atoms with Gasteiger partial charge in [0.25, 0.3) is 5.91 Å². The highest BCUT2D eigenvalue weighted by atomic mass is 79.9. The number of carbonyl (C=O) groups is 1. The molecule has 0 unspecified atom stereocenters. The van der Waals surface area contributed by atoms with Crippen LogP contribution in [0.2, 0.25) is 5.02 Å². The summed E-state index contributed by atoms with van der Waals surface area (Å²) in [5.41, 5.74) is 0.666. The average Bonchev–Trinajstić information content (AvgIpc) is 2.56. The molecule has 2 N–H and O–H groups in total. The van der Waals surface area contributed by atoms with Crippen molar-refractivity contribution >= 4 is 56.5 Å². The molecule has 0 radical (unpaired) electrons. The Morgan fingerprint density at radius 2 is 1.96 bits per heavy atom. The monoisotopic (exact) mass is 428 g/mol. The Morgan fingerprint density at radius 3 is 2.62 bits per heavy atom. The van der Waals surface area contributed by atoms with Gasteiger partial charge < -0.3 is 14.8 Å². The van der Waals surface area contributed by atoms with Crippen molar-refractivity contribution in [2.75, 3.05) is 19.0 Å². The zero-order valence-corrected chi connectivity index (χ0v) is 15.8. The maximum atomic E-state index is 11.9. The first-order valence-electron chi connectivity index (χ1n) is 6.81. The van der Waals surface area contributed by atoms with Crippen LogP contribution in [0.4, 0.5) is 5.69 Å². The number of methoxy groups -OCH3 is 1. The molecule has 0 aliphatic rings. The molecule has 2 aromatic carbocycles. The molecule has 24 heavy (non-hydrogen) atoms. The van der Waals surface area contributed by atoms with Gasteiger partial charge >= 0.3 is 0 Å². The molecular formula is C16H14BrClN2O3S. The number of carbonyl (C=O) groups excluding carboxylic acids is 1. The van der Waals surface area contributed by atoms with Crippen LogP contribution in [0.15, 0.2) is 46.9 Å². The minimum absolute atomic E-state index is 0.155. The summed E-state index contributed by atoms with van der Waals surface area (Å²) in [6.07, 6.45) is 0. The van der Waals surface area contributed by atoms with E-state index in [0.29, 0.717) is 22.2 Å². The van der Waals surface area contributed by atoms with E-state index in [1.54, 1.807) is 36.4 Å². The Morgan fingerprint density at radius 1 is 1.25 bits per heavy atom. The summed E-state index contributed by atoms with van der Waals surface area (Å²) in [4.78, 5) is 11.9. The Hall–Kier alpha value is -1.83. The number of rotatable bonds is 5. The number of halogens is 2. The van der Waals surface area contributed by atoms with Gasteiger partial charge in [0.15, 0.2) is 23.2 Å². The zero-order chi connectivity index (χ0) is 17.5. The van der Waals surface area contributed by atoms with Crippen molar-refractivity contribution in [3.63, 3.8) is 0 Å². The Labute approximate surface area is 158 Å². The van der Waals surface area contributed by atoms with Crippen LogP contribution < -0.4 is 20.1 Å². The molecule has 0 fully saturated rings. The van der Waals surface area contributed by atoms with E-state index in [0.717, 1.165) is 4.47 Å². The minimum Gasteiger partial charge on any atom is -0.493 e. The van der Waals surface area contributed by atoms with E-state index in [2.05, 4.69) is 26.6 Å². The van der Waals surface area contributed by atoms with E-state index in [9.17, 15) is 4.79 Å². The second kappa shape index (κ2) is 8.86. The van der Waals surface area contributed by atoms with Crippen molar-refractivity contribution in [1.82, 2.24) is 5.32 Å². The molecule has 0 heterocycles. The first-order valence-corrected chi connectivity index (χ1v) is 8.39. The van der Waals surface area contributed by atoms with Crippen molar-refractivity contribution in [3.05, 3.63) is 52.0 Å². The molecule has 2 aromatic rings. The topological polar surface area (TPSA) is 59.6 Å². The lowest BCUT2D eigenvalue weighted by Gasteiger charge is -2.12. The second-order valence-electron chi connectivity index (χ2n) is 4.57. The van der Waals surface area contributed by atoms with Gasteiger partial charge in [0.2, 0.25) is 0 Å². The molecule has 0 aromatic heterocycles. The van der Waals surface area contributed by atoms with Gasteiger partial charge in [-0.15, -0.1) is 0 Å². The highest BCUT2D eigenvalue weighted by molar-refractivity contribution is 9.10. The predicted molar refractivity (Wildman–Crippen MR) is 102 cm³/mol. The number of anilines is 1. The lowest BCUT2D eigenvalue weighted by atomic mass is 10.3. The third-order valence-electron chi connectivity index (χ3n) is 2.86. The second-order valence-corrected chi connectivity index (χ2v) is 6.24. The molecule has 1 amide bonds. The SMILES string of the molecule is COc1ccccc1OCC(=O)NC(=S)Nc1ccc(Br)c(Cl)c1. The van der Waals surface area contributed by atoms with Crippen LogP contribution in [0.5, 0.6) is 11.5 Å². The van der Waals surface area contributed by atoms with E-state index >= 15 is 0 Å². The minimum atomic E-state index is -0.387. The molecular weight excluding hydrogens is 416 g/mol. The summed E-state index contributed by atoms with van der Waals surface area (Å²) >= 11 is 14.4. The largest absolute Gasteiger partial charge is 0.493 e. The number of nitrogens with one attached hydrogen (secondary N) is 2. The fourth-order valence-corrected chi connectivity index (χ4v) is 2.44. The number of hydrogen-bond acceptors (Lipinski definition) is 4. The Kier molecular flexibility index (Phi) is 6.84. The number of benzene rings is 2.